The molecule has 1 aromatic heterocycles. The highest BCUT2D eigenvalue weighted by atomic mass is 35.5. The lowest BCUT2D eigenvalue weighted by Crippen LogP contribution is -2.44. The highest BCUT2D eigenvalue weighted by Gasteiger charge is 2.38. The Bertz CT molecular complexity index is 746. The number of hydrogen-bond acceptors (Lipinski definition) is 4. The molecule has 2 saturated heterocycles. The van der Waals surface area contributed by atoms with E-state index in [4.69, 9.17) is 16.1 Å². The van der Waals surface area contributed by atoms with Gasteiger partial charge in [0.25, 0.3) is 5.91 Å². The molecule has 0 saturated carbocycles. The molecular weight excluding hydrogens is 361 g/mol. The largest absolute Gasteiger partial charge is 0.355 e. The Labute approximate surface area is 158 Å². The zero-order valence-corrected chi connectivity index (χ0v) is 15.4. The first-order chi connectivity index (χ1) is 11.7. The van der Waals surface area contributed by atoms with E-state index < -0.39 is 0 Å². The van der Waals surface area contributed by atoms with E-state index in [1.807, 2.05) is 17.0 Å². The van der Waals surface area contributed by atoms with Crippen LogP contribution in [0, 0.1) is 5.41 Å². The van der Waals surface area contributed by atoms with Crippen LogP contribution in [0.25, 0.3) is 11.3 Å². The molecular formula is C18H21Cl2N3O2. The van der Waals surface area contributed by atoms with Crippen molar-refractivity contribution in [3.63, 3.8) is 0 Å². The number of carbonyl (C=O) groups excluding carboxylic acids is 1. The summed E-state index contributed by atoms with van der Waals surface area (Å²) < 4.78 is 5.34. The number of nitrogens with one attached hydrogen (secondary N) is 1. The summed E-state index contributed by atoms with van der Waals surface area (Å²) in [5.74, 6) is 0.516. The number of carbonyl (C=O) groups is 1. The van der Waals surface area contributed by atoms with E-state index in [9.17, 15) is 4.79 Å². The molecule has 134 valence electrons. The van der Waals surface area contributed by atoms with Gasteiger partial charge in [-0.3, -0.25) is 4.79 Å². The number of aromatic nitrogens is 1. The Hall–Kier alpha value is -1.56. The summed E-state index contributed by atoms with van der Waals surface area (Å²) in [5, 5.41) is 8.04. The molecule has 25 heavy (non-hydrogen) atoms. The fraction of sp³-hybridized carbons (Fsp3) is 0.444. The SMILES string of the molecule is Cl.O=C(c1cc(-c2cccc(Cl)c2)on1)N1CCC2(CCNC2)CC1. The second-order valence-electron chi connectivity index (χ2n) is 6.81. The van der Waals surface area contributed by atoms with Gasteiger partial charge in [0.1, 0.15) is 0 Å². The molecule has 5 nitrogen and oxygen atoms in total. The van der Waals surface area contributed by atoms with Gasteiger partial charge in [-0.2, -0.15) is 0 Å². The molecule has 7 heteroatoms. The van der Waals surface area contributed by atoms with Crippen LogP contribution in [-0.4, -0.2) is 42.1 Å². The molecule has 1 spiro atoms. The Morgan fingerprint density at radius 1 is 1.24 bits per heavy atom. The fourth-order valence-corrected chi connectivity index (χ4v) is 3.91. The molecule has 2 aromatic rings. The third kappa shape index (κ3) is 3.68. The minimum atomic E-state index is -0.0483. The van der Waals surface area contributed by atoms with Crippen LogP contribution in [0.4, 0.5) is 0 Å². The van der Waals surface area contributed by atoms with Crippen LogP contribution in [0.1, 0.15) is 29.8 Å². The zero-order valence-electron chi connectivity index (χ0n) is 13.8. The van der Waals surface area contributed by atoms with Gasteiger partial charge in [-0.25, -0.2) is 0 Å². The molecule has 1 amide bonds. The summed E-state index contributed by atoms with van der Waals surface area (Å²) in [7, 11) is 0. The summed E-state index contributed by atoms with van der Waals surface area (Å²) in [6.07, 6.45) is 3.34. The molecule has 1 aromatic carbocycles. The zero-order chi connectivity index (χ0) is 16.6. The van der Waals surface area contributed by atoms with Crippen LogP contribution < -0.4 is 5.32 Å². The molecule has 2 aliphatic heterocycles. The van der Waals surface area contributed by atoms with Gasteiger partial charge in [0.2, 0.25) is 0 Å². The first kappa shape index (κ1) is 18.2. The summed E-state index contributed by atoms with van der Waals surface area (Å²) >= 11 is 6.00. The molecule has 0 atom stereocenters. The third-order valence-electron chi connectivity index (χ3n) is 5.28. The molecule has 4 rings (SSSR count). The van der Waals surface area contributed by atoms with Crippen molar-refractivity contribution in [2.45, 2.75) is 19.3 Å². The van der Waals surface area contributed by atoms with Crippen LogP contribution in [-0.2, 0) is 0 Å². The lowest BCUT2D eigenvalue weighted by atomic mass is 9.78. The first-order valence-electron chi connectivity index (χ1n) is 8.38. The van der Waals surface area contributed by atoms with Crippen molar-refractivity contribution in [1.29, 1.82) is 0 Å². The molecule has 1 N–H and O–H groups in total. The smallest absolute Gasteiger partial charge is 0.276 e. The van der Waals surface area contributed by atoms with E-state index in [2.05, 4.69) is 10.5 Å². The summed E-state index contributed by atoms with van der Waals surface area (Å²) in [5.41, 5.74) is 1.58. The van der Waals surface area contributed by atoms with Crippen molar-refractivity contribution < 1.29 is 9.32 Å². The van der Waals surface area contributed by atoms with E-state index in [0.29, 0.717) is 21.9 Å². The van der Waals surface area contributed by atoms with E-state index in [0.717, 1.165) is 44.6 Å². The number of benzene rings is 1. The maximum atomic E-state index is 12.7. The van der Waals surface area contributed by atoms with Gasteiger partial charge in [0, 0.05) is 36.3 Å². The number of nitrogens with zero attached hydrogens (tertiary/aromatic N) is 2. The summed E-state index contributed by atoms with van der Waals surface area (Å²) in [6.45, 7) is 3.76. The second kappa shape index (κ2) is 7.36. The van der Waals surface area contributed by atoms with Crippen molar-refractivity contribution in [3.8, 4) is 11.3 Å². The van der Waals surface area contributed by atoms with E-state index in [1.54, 1.807) is 18.2 Å². The van der Waals surface area contributed by atoms with Crippen molar-refractivity contribution in [2.75, 3.05) is 26.2 Å². The maximum absolute atomic E-state index is 12.7. The predicted octanol–water partition coefficient (Wildman–Crippen LogP) is 3.63. The lowest BCUT2D eigenvalue weighted by molar-refractivity contribution is 0.0598. The highest BCUT2D eigenvalue weighted by molar-refractivity contribution is 6.30. The number of likely N-dealkylation sites (tertiary alicyclic amines) is 1. The highest BCUT2D eigenvalue weighted by Crippen LogP contribution is 2.37. The van der Waals surface area contributed by atoms with Gasteiger partial charge in [0.05, 0.1) is 0 Å². The van der Waals surface area contributed by atoms with Crippen LogP contribution in [0.2, 0.25) is 5.02 Å². The topological polar surface area (TPSA) is 58.4 Å². The van der Waals surface area contributed by atoms with E-state index in [-0.39, 0.29) is 18.3 Å². The van der Waals surface area contributed by atoms with Gasteiger partial charge in [-0.05, 0) is 43.4 Å². The Kier molecular flexibility index (Phi) is 5.37. The van der Waals surface area contributed by atoms with Gasteiger partial charge < -0.3 is 14.7 Å². The molecule has 3 heterocycles. The van der Waals surface area contributed by atoms with Gasteiger partial charge >= 0.3 is 0 Å². The van der Waals surface area contributed by atoms with E-state index in [1.165, 1.54) is 6.42 Å². The second-order valence-corrected chi connectivity index (χ2v) is 7.24. The number of hydrogen-bond donors (Lipinski definition) is 1. The van der Waals surface area contributed by atoms with Crippen LogP contribution in [0.5, 0.6) is 0 Å². The predicted molar refractivity (Wildman–Crippen MR) is 99.3 cm³/mol. The van der Waals surface area contributed by atoms with Crippen LogP contribution in [0.3, 0.4) is 0 Å². The monoisotopic (exact) mass is 381 g/mol. The lowest BCUT2D eigenvalue weighted by Gasteiger charge is -2.38. The molecule has 0 unspecified atom stereocenters. The maximum Gasteiger partial charge on any atom is 0.276 e. The van der Waals surface area contributed by atoms with Gasteiger partial charge in [-0.1, -0.05) is 28.9 Å². The van der Waals surface area contributed by atoms with Gasteiger partial charge in [-0.15, -0.1) is 12.4 Å². The minimum Gasteiger partial charge on any atom is -0.355 e. The quantitative estimate of drug-likeness (QED) is 0.862. The number of piperidine rings is 1. The molecule has 0 radical (unpaired) electrons. The third-order valence-corrected chi connectivity index (χ3v) is 5.52. The average Bonchev–Trinajstić information content (AvgIpc) is 3.25. The Balaban J connectivity index is 0.00000182. The van der Waals surface area contributed by atoms with Crippen molar-refractivity contribution in [3.05, 3.63) is 41.0 Å². The van der Waals surface area contributed by atoms with Crippen LogP contribution >= 0.6 is 24.0 Å². The summed E-state index contributed by atoms with van der Waals surface area (Å²) in [6, 6.07) is 9.04. The molecule has 0 bridgehead atoms. The van der Waals surface area contributed by atoms with E-state index >= 15 is 0 Å². The molecule has 0 aliphatic carbocycles. The molecule has 2 fully saturated rings. The van der Waals surface area contributed by atoms with Gasteiger partial charge in [0.15, 0.2) is 11.5 Å². The first-order valence-corrected chi connectivity index (χ1v) is 8.76. The fourth-order valence-electron chi connectivity index (χ4n) is 3.72. The minimum absolute atomic E-state index is 0. The Morgan fingerprint density at radius 2 is 2.04 bits per heavy atom. The van der Waals surface area contributed by atoms with Crippen molar-refractivity contribution >= 4 is 29.9 Å². The Morgan fingerprint density at radius 3 is 2.72 bits per heavy atom. The molecule has 2 aliphatic rings. The number of rotatable bonds is 2. The average molecular weight is 382 g/mol. The standard InChI is InChI=1S/C18H20ClN3O2.ClH/c19-14-3-1-2-13(10-14)16-11-15(21-24-16)17(23)22-8-5-18(6-9-22)4-7-20-12-18;/h1-3,10-11,20H,4-9,12H2;1H. The van der Waals surface area contributed by atoms with Crippen LogP contribution in [0.15, 0.2) is 34.9 Å². The van der Waals surface area contributed by atoms with Crippen molar-refractivity contribution in [2.24, 2.45) is 5.41 Å². The normalized spacial score (nSPS) is 19.0. The number of halogens is 2. The number of amides is 1. The summed E-state index contributed by atoms with van der Waals surface area (Å²) in [4.78, 5) is 14.6. The van der Waals surface area contributed by atoms with Crippen molar-refractivity contribution in [1.82, 2.24) is 15.4 Å².